The number of methoxy groups -OCH3 is 1. The average Bonchev–Trinajstić information content (AvgIpc) is 2.29. The second kappa shape index (κ2) is 5.17. The van der Waals surface area contributed by atoms with Gasteiger partial charge >= 0.3 is 5.97 Å². The molecular weight excluding hydrogens is 223 g/mol. The first-order valence-electron chi connectivity index (χ1n) is 5.45. The largest absolute Gasteiger partial charge is 0.494 e. The van der Waals surface area contributed by atoms with E-state index in [1.165, 1.54) is 13.2 Å². The smallest absolute Gasteiger partial charge is 0.316 e. The lowest BCUT2D eigenvalue weighted by atomic mass is 9.84. The van der Waals surface area contributed by atoms with Crippen LogP contribution in [0.15, 0.2) is 18.2 Å². The van der Waals surface area contributed by atoms with Crippen molar-refractivity contribution in [3.63, 3.8) is 0 Å². The Balaban J connectivity index is 3.19. The molecule has 3 nitrogen and oxygen atoms in total. The second-order valence-electron chi connectivity index (χ2n) is 4.17. The molecule has 0 unspecified atom stereocenters. The summed E-state index contributed by atoms with van der Waals surface area (Å²) in [5, 5.41) is 0. The van der Waals surface area contributed by atoms with Crippen LogP contribution in [0.2, 0.25) is 0 Å². The van der Waals surface area contributed by atoms with Crippen molar-refractivity contribution in [2.45, 2.75) is 26.2 Å². The Morgan fingerprint density at radius 2 is 2.06 bits per heavy atom. The topological polar surface area (TPSA) is 35.5 Å². The molecule has 4 heteroatoms. The molecule has 0 saturated carbocycles. The standard InChI is InChI=1S/C13H17FO3/c1-5-17-12(15)13(2,3)9-7-6-8-10(16-4)11(9)14/h6-8H,5H2,1-4H3. The Morgan fingerprint density at radius 3 is 2.59 bits per heavy atom. The Bertz CT molecular complexity index is 413. The van der Waals surface area contributed by atoms with Crippen molar-refractivity contribution in [1.29, 1.82) is 0 Å². The highest BCUT2D eigenvalue weighted by molar-refractivity contribution is 5.82. The number of halogens is 1. The van der Waals surface area contributed by atoms with Crippen molar-refractivity contribution < 1.29 is 18.7 Å². The van der Waals surface area contributed by atoms with Crippen molar-refractivity contribution in [3.8, 4) is 5.75 Å². The molecular formula is C13H17FO3. The summed E-state index contributed by atoms with van der Waals surface area (Å²) in [6, 6.07) is 4.73. The molecule has 0 heterocycles. The molecule has 17 heavy (non-hydrogen) atoms. The minimum absolute atomic E-state index is 0.125. The molecule has 0 spiro atoms. The van der Waals surface area contributed by atoms with Crippen LogP contribution in [0.25, 0.3) is 0 Å². The van der Waals surface area contributed by atoms with Crippen molar-refractivity contribution >= 4 is 5.97 Å². The Labute approximate surface area is 101 Å². The van der Waals surface area contributed by atoms with E-state index >= 15 is 0 Å². The van der Waals surface area contributed by atoms with Gasteiger partial charge in [-0.25, -0.2) is 4.39 Å². The predicted octanol–water partition coefficient (Wildman–Crippen LogP) is 2.68. The number of hydrogen-bond donors (Lipinski definition) is 0. The van der Waals surface area contributed by atoms with Crippen LogP contribution in [0.4, 0.5) is 4.39 Å². The lowest BCUT2D eigenvalue weighted by Crippen LogP contribution is -2.32. The molecule has 0 aliphatic rings. The molecule has 0 amide bonds. The van der Waals surface area contributed by atoms with Gasteiger partial charge in [-0.3, -0.25) is 4.79 Å². The number of ether oxygens (including phenoxy) is 2. The first-order valence-corrected chi connectivity index (χ1v) is 5.45. The number of carbonyl (C=O) groups is 1. The molecule has 0 bridgehead atoms. The second-order valence-corrected chi connectivity index (χ2v) is 4.17. The molecule has 0 N–H and O–H groups in total. The first-order chi connectivity index (χ1) is 7.95. The quantitative estimate of drug-likeness (QED) is 0.759. The molecule has 0 atom stereocenters. The maximum atomic E-state index is 14.0. The van der Waals surface area contributed by atoms with Gasteiger partial charge in [-0.15, -0.1) is 0 Å². The minimum Gasteiger partial charge on any atom is -0.494 e. The number of benzene rings is 1. The Hall–Kier alpha value is -1.58. The average molecular weight is 240 g/mol. The van der Waals surface area contributed by atoms with Gasteiger partial charge in [0, 0.05) is 5.56 Å². The molecule has 1 aromatic rings. The normalized spacial score (nSPS) is 11.1. The van der Waals surface area contributed by atoms with Crippen LogP contribution in [-0.4, -0.2) is 19.7 Å². The van der Waals surface area contributed by atoms with Crippen LogP contribution in [0, 0.1) is 5.82 Å². The van der Waals surface area contributed by atoms with Crippen LogP contribution < -0.4 is 4.74 Å². The summed E-state index contributed by atoms with van der Waals surface area (Å²) in [6.07, 6.45) is 0. The summed E-state index contributed by atoms with van der Waals surface area (Å²) in [6.45, 7) is 5.25. The minimum atomic E-state index is -1.03. The van der Waals surface area contributed by atoms with Crippen molar-refractivity contribution in [1.82, 2.24) is 0 Å². The van der Waals surface area contributed by atoms with E-state index in [1.807, 2.05) is 0 Å². The zero-order valence-electron chi connectivity index (χ0n) is 10.5. The van der Waals surface area contributed by atoms with E-state index in [9.17, 15) is 9.18 Å². The number of carbonyl (C=O) groups excluding carboxylic acids is 1. The van der Waals surface area contributed by atoms with Gasteiger partial charge in [0.2, 0.25) is 0 Å². The molecule has 0 aliphatic heterocycles. The van der Waals surface area contributed by atoms with E-state index in [2.05, 4.69) is 0 Å². The van der Waals surface area contributed by atoms with E-state index < -0.39 is 17.2 Å². The summed E-state index contributed by atoms with van der Waals surface area (Å²) in [7, 11) is 1.39. The van der Waals surface area contributed by atoms with E-state index in [-0.39, 0.29) is 17.9 Å². The van der Waals surface area contributed by atoms with Gasteiger partial charge in [-0.05, 0) is 26.8 Å². The molecule has 1 aromatic carbocycles. The monoisotopic (exact) mass is 240 g/mol. The fourth-order valence-corrected chi connectivity index (χ4v) is 1.57. The highest BCUT2D eigenvalue weighted by atomic mass is 19.1. The zero-order chi connectivity index (χ0) is 13.1. The summed E-state index contributed by atoms with van der Waals surface area (Å²) >= 11 is 0. The van der Waals surface area contributed by atoms with Gasteiger partial charge in [0.15, 0.2) is 11.6 Å². The molecule has 0 fully saturated rings. The third kappa shape index (κ3) is 2.57. The van der Waals surface area contributed by atoms with E-state index in [0.29, 0.717) is 0 Å². The third-order valence-corrected chi connectivity index (χ3v) is 2.64. The van der Waals surface area contributed by atoms with Crippen molar-refractivity contribution in [2.75, 3.05) is 13.7 Å². The highest BCUT2D eigenvalue weighted by Crippen LogP contribution is 2.31. The lowest BCUT2D eigenvalue weighted by molar-refractivity contribution is -0.148. The van der Waals surface area contributed by atoms with E-state index in [1.54, 1.807) is 32.9 Å². The van der Waals surface area contributed by atoms with E-state index in [4.69, 9.17) is 9.47 Å². The summed E-state index contributed by atoms with van der Waals surface area (Å²) in [5.74, 6) is -0.847. The molecule has 94 valence electrons. The lowest BCUT2D eigenvalue weighted by Gasteiger charge is -2.23. The number of esters is 1. The molecule has 0 aromatic heterocycles. The van der Waals surface area contributed by atoms with Gasteiger partial charge in [0.1, 0.15) is 0 Å². The highest BCUT2D eigenvalue weighted by Gasteiger charge is 2.34. The van der Waals surface area contributed by atoms with Crippen LogP contribution in [0.3, 0.4) is 0 Å². The number of hydrogen-bond acceptors (Lipinski definition) is 3. The summed E-state index contributed by atoms with van der Waals surface area (Å²) < 4.78 is 23.9. The SMILES string of the molecule is CCOC(=O)C(C)(C)c1cccc(OC)c1F. The van der Waals surface area contributed by atoms with Gasteiger partial charge in [0.25, 0.3) is 0 Å². The predicted molar refractivity (Wildman–Crippen MR) is 62.6 cm³/mol. The zero-order valence-corrected chi connectivity index (χ0v) is 10.5. The van der Waals surface area contributed by atoms with Gasteiger partial charge < -0.3 is 9.47 Å². The van der Waals surface area contributed by atoms with Gasteiger partial charge in [-0.1, -0.05) is 12.1 Å². The van der Waals surface area contributed by atoms with E-state index in [0.717, 1.165) is 0 Å². The molecule has 1 rings (SSSR count). The van der Waals surface area contributed by atoms with Gasteiger partial charge in [-0.2, -0.15) is 0 Å². The maximum Gasteiger partial charge on any atom is 0.316 e. The third-order valence-electron chi connectivity index (χ3n) is 2.64. The fourth-order valence-electron chi connectivity index (χ4n) is 1.57. The Morgan fingerprint density at radius 1 is 1.41 bits per heavy atom. The van der Waals surface area contributed by atoms with Crippen LogP contribution in [0.5, 0.6) is 5.75 Å². The molecule has 0 aliphatic carbocycles. The first kappa shape index (κ1) is 13.5. The van der Waals surface area contributed by atoms with Crippen molar-refractivity contribution in [3.05, 3.63) is 29.6 Å². The summed E-state index contributed by atoms with van der Waals surface area (Å²) in [4.78, 5) is 11.8. The van der Waals surface area contributed by atoms with Gasteiger partial charge in [0.05, 0.1) is 19.1 Å². The maximum absolute atomic E-state index is 14.0. The van der Waals surface area contributed by atoms with Crippen LogP contribution in [0.1, 0.15) is 26.3 Å². The summed E-state index contributed by atoms with van der Waals surface area (Å²) in [5.41, 5.74) is -0.760. The van der Waals surface area contributed by atoms with Crippen molar-refractivity contribution in [2.24, 2.45) is 0 Å². The van der Waals surface area contributed by atoms with Crippen LogP contribution >= 0.6 is 0 Å². The number of rotatable bonds is 4. The molecule has 0 saturated heterocycles. The Kier molecular flexibility index (Phi) is 4.10. The molecule has 0 radical (unpaired) electrons. The van der Waals surface area contributed by atoms with Crippen LogP contribution in [-0.2, 0) is 14.9 Å². The fraction of sp³-hybridized carbons (Fsp3) is 0.462.